The van der Waals surface area contributed by atoms with Crippen molar-refractivity contribution in [3.8, 4) is 0 Å². The molecule has 3 fully saturated rings. The van der Waals surface area contributed by atoms with Crippen LogP contribution in [0.1, 0.15) is 73.1 Å². The van der Waals surface area contributed by atoms with E-state index >= 15 is 0 Å². The van der Waals surface area contributed by atoms with Crippen molar-refractivity contribution in [1.82, 2.24) is 0 Å². The molecule has 5 rings (SSSR count). The number of hydrogen-bond acceptors (Lipinski definition) is 8. The fourth-order valence-corrected chi connectivity index (χ4v) is 6.85. The Labute approximate surface area is 231 Å². The lowest BCUT2D eigenvalue weighted by atomic mass is 9.71. The van der Waals surface area contributed by atoms with E-state index in [2.05, 4.69) is 45.0 Å². The zero-order valence-corrected chi connectivity index (χ0v) is 23.8. The normalized spacial score (nSPS) is 44.4. The Balaban J connectivity index is 1.53. The Morgan fingerprint density at radius 3 is 2.67 bits per heavy atom. The summed E-state index contributed by atoms with van der Waals surface area (Å²) >= 11 is 0. The van der Waals surface area contributed by atoms with Crippen molar-refractivity contribution < 1.29 is 34.1 Å². The van der Waals surface area contributed by atoms with E-state index in [9.17, 15) is 15.1 Å². The number of nitrogens with zero attached hydrogens (tertiary/aromatic N) is 1. The highest BCUT2D eigenvalue weighted by Gasteiger charge is 2.59. The van der Waals surface area contributed by atoms with Gasteiger partial charge in [0.25, 0.3) is 0 Å². The Morgan fingerprint density at radius 1 is 1.13 bits per heavy atom. The van der Waals surface area contributed by atoms with Crippen molar-refractivity contribution in [2.75, 3.05) is 6.61 Å². The minimum absolute atomic E-state index is 0.0431. The van der Waals surface area contributed by atoms with Crippen molar-refractivity contribution in [2.24, 2.45) is 22.9 Å². The molecule has 214 valence electrons. The summed E-state index contributed by atoms with van der Waals surface area (Å²) in [5, 5.41) is 25.2. The average Bonchev–Trinajstić information content (AvgIpc) is 3.21. The van der Waals surface area contributed by atoms with Gasteiger partial charge in [-0.3, -0.25) is 4.79 Å². The van der Waals surface area contributed by atoms with Crippen LogP contribution in [0.5, 0.6) is 0 Å². The van der Waals surface area contributed by atoms with E-state index in [1.165, 1.54) is 5.57 Å². The summed E-state index contributed by atoms with van der Waals surface area (Å²) in [6.45, 7) is 10.4. The molecule has 1 spiro atoms. The van der Waals surface area contributed by atoms with Crippen LogP contribution in [0.25, 0.3) is 0 Å². The minimum Gasteiger partial charge on any atom is -0.462 e. The first-order chi connectivity index (χ1) is 18.5. The molecule has 2 bridgehead atoms. The minimum atomic E-state index is -1.72. The third-order valence-corrected chi connectivity index (χ3v) is 9.25. The van der Waals surface area contributed by atoms with Gasteiger partial charge in [0, 0.05) is 19.3 Å². The van der Waals surface area contributed by atoms with Crippen molar-refractivity contribution in [3.63, 3.8) is 0 Å². The number of rotatable bonds is 0. The van der Waals surface area contributed by atoms with Gasteiger partial charge in [-0.05, 0) is 63.0 Å². The lowest BCUT2D eigenvalue weighted by molar-refractivity contribution is -0.332. The summed E-state index contributed by atoms with van der Waals surface area (Å²) in [5.74, 6) is -1.62. The molecule has 0 radical (unpaired) electrons. The summed E-state index contributed by atoms with van der Waals surface area (Å²) < 4.78 is 25.3. The summed E-state index contributed by atoms with van der Waals surface area (Å²) in [5.41, 5.74) is 0.916. The fourth-order valence-electron chi connectivity index (χ4n) is 6.85. The predicted octanol–water partition coefficient (Wildman–Crippen LogP) is 5.00. The topological polar surface area (TPSA) is 107 Å². The van der Waals surface area contributed by atoms with Gasteiger partial charge in [-0.2, -0.15) is 0 Å². The van der Waals surface area contributed by atoms with Gasteiger partial charge in [-0.25, -0.2) is 0 Å². The van der Waals surface area contributed by atoms with Gasteiger partial charge in [0.05, 0.1) is 18.8 Å². The molecule has 39 heavy (non-hydrogen) atoms. The van der Waals surface area contributed by atoms with Crippen LogP contribution in [-0.4, -0.2) is 64.4 Å². The van der Waals surface area contributed by atoms with Crippen molar-refractivity contribution in [2.45, 2.75) is 109 Å². The summed E-state index contributed by atoms with van der Waals surface area (Å²) in [6, 6.07) is 0. The second-order valence-electron chi connectivity index (χ2n) is 12.4. The molecular weight excluding hydrogens is 498 g/mol. The molecule has 0 aromatic heterocycles. The Hall–Kier alpha value is -2.26. The number of carbonyl (C=O) groups excluding carboxylic acids is 1. The lowest BCUT2D eigenvalue weighted by Crippen LogP contribution is -2.57. The fraction of sp³-hybridized carbons (Fsp3) is 0.677. The zero-order chi connectivity index (χ0) is 27.9. The summed E-state index contributed by atoms with van der Waals surface area (Å²) in [6.07, 6.45) is 12.6. The van der Waals surface area contributed by atoms with Gasteiger partial charge >= 0.3 is 5.97 Å². The van der Waals surface area contributed by atoms with Crippen molar-refractivity contribution >= 4 is 11.7 Å². The average molecular weight is 542 g/mol. The molecule has 4 aliphatic heterocycles. The standard InChI is InChI=1S/C31H43NO7/c1-18-7-6-8-23-17-36-28-27(32-35)21(4)14-26(31(23,28)34)29(33)37-25-15-24(10-9-19(2)13-18)39-30(16-25)12-11-20(3)22(5)38-30/h6-9,14,18,20,22,24-26,28,34-35H,10-13,15-17H2,1-5H3/b7-6?,19-9?,23-8?,32-27-/t18-,20-,22?,24+,25-,26-,28+,30+,31-/m0/s1. The smallest absolute Gasteiger partial charge is 0.316 e. The molecule has 3 saturated heterocycles. The second kappa shape index (κ2) is 11.0. The maximum Gasteiger partial charge on any atom is 0.316 e. The zero-order valence-electron chi connectivity index (χ0n) is 23.8. The first-order valence-corrected chi connectivity index (χ1v) is 14.4. The third kappa shape index (κ3) is 5.41. The van der Waals surface area contributed by atoms with Crippen LogP contribution in [0.15, 0.2) is 52.3 Å². The third-order valence-electron chi connectivity index (χ3n) is 9.25. The first-order valence-electron chi connectivity index (χ1n) is 14.4. The van der Waals surface area contributed by atoms with Gasteiger partial charge < -0.3 is 29.3 Å². The number of ether oxygens (including phenoxy) is 4. The van der Waals surface area contributed by atoms with Gasteiger partial charge in [0.1, 0.15) is 29.4 Å². The lowest BCUT2D eigenvalue weighted by Gasteiger charge is -2.49. The highest BCUT2D eigenvalue weighted by molar-refractivity contribution is 6.06. The summed E-state index contributed by atoms with van der Waals surface area (Å²) in [7, 11) is 0. The van der Waals surface area contributed by atoms with Crippen LogP contribution in [0.4, 0.5) is 0 Å². The summed E-state index contributed by atoms with van der Waals surface area (Å²) in [4.78, 5) is 13.9. The number of aliphatic hydroxyl groups is 1. The highest BCUT2D eigenvalue weighted by atomic mass is 16.7. The van der Waals surface area contributed by atoms with Crippen LogP contribution >= 0.6 is 0 Å². The predicted molar refractivity (Wildman–Crippen MR) is 146 cm³/mol. The molecule has 1 aliphatic carbocycles. The largest absolute Gasteiger partial charge is 0.462 e. The van der Waals surface area contributed by atoms with Crippen molar-refractivity contribution in [1.29, 1.82) is 0 Å². The number of fused-ring (bicyclic) bond motifs is 2. The number of esters is 1. The molecular formula is C31H43NO7. The molecule has 1 unspecified atom stereocenters. The van der Waals surface area contributed by atoms with E-state index in [0.29, 0.717) is 36.3 Å². The molecule has 2 N–H and O–H groups in total. The van der Waals surface area contributed by atoms with E-state index in [-0.39, 0.29) is 30.4 Å². The van der Waals surface area contributed by atoms with E-state index in [1.54, 1.807) is 13.0 Å². The maximum absolute atomic E-state index is 13.9. The number of hydrogen-bond donors (Lipinski definition) is 2. The Bertz CT molecular complexity index is 1120. The number of oxime groups is 1. The van der Waals surface area contributed by atoms with Gasteiger partial charge in [0.2, 0.25) is 0 Å². The Kier molecular flexibility index (Phi) is 7.94. The molecule has 5 aliphatic rings. The molecule has 8 nitrogen and oxygen atoms in total. The SMILES string of the molecule is CC1=CC[C@@H]2C[C@@H](C[C@@]3(CC[C@H](C)C(C)O3)O2)OC(=O)[C@@H]2C=C(C)/C(=N/O)[C@H]3OCC(=CC=C[C@H](C)C1)[C@@]32O. The quantitative estimate of drug-likeness (QED) is 0.192. The molecule has 0 aromatic rings. The molecule has 0 aromatic carbocycles. The molecule has 4 heterocycles. The van der Waals surface area contributed by atoms with Crippen LogP contribution in [-0.2, 0) is 23.7 Å². The second-order valence-corrected chi connectivity index (χ2v) is 12.4. The van der Waals surface area contributed by atoms with E-state index < -0.39 is 35.5 Å². The van der Waals surface area contributed by atoms with Crippen LogP contribution in [0.3, 0.4) is 0 Å². The first kappa shape index (κ1) is 28.3. The van der Waals surface area contributed by atoms with Gasteiger partial charge in [0.15, 0.2) is 5.79 Å². The van der Waals surface area contributed by atoms with Gasteiger partial charge in [-0.1, -0.05) is 55.0 Å². The van der Waals surface area contributed by atoms with Crippen LogP contribution in [0, 0.1) is 17.8 Å². The Morgan fingerprint density at radius 2 is 1.92 bits per heavy atom. The number of carbonyl (C=O) groups is 1. The van der Waals surface area contributed by atoms with E-state index in [0.717, 1.165) is 19.3 Å². The van der Waals surface area contributed by atoms with E-state index in [1.807, 2.05) is 12.2 Å². The van der Waals surface area contributed by atoms with Gasteiger partial charge in [-0.15, -0.1) is 0 Å². The van der Waals surface area contributed by atoms with E-state index in [4.69, 9.17) is 18.9 Å². The monoisotopic (exact) mass is 541 g/mol. The number of allylic oxidation sites excluding steroid dienone is 4. The maximum atomic E-state index is 13.9. The molecule has 9 atom stereocenters. The highest BCUT2D eigenvalue weighted by Crippen LogP contribution is 2.46. The van der Waals surface area contributed by atoms with Crippen LogP contribution in [0.2, 0.25) is 0 Å². The molecule has 0 amide bonds. The van der Waals surface area contributed by atoms with Crippen molar-refractivity contribution in [3.05, 3.63) is 47.1 Å². The molecule has 8 heteroatoms. The van der Waals surface area contributed by atoms with Crippen LogP contribution < -0.4 is 0 Å². The molecule has 0 saturated carbocycles.